The van der Waals surface area contributed by atoms with E-state index < -0.39 is 18.0 Å². The van der Waals surface area contributed by atoms with E-state index >= 15 is 0 Å². The molecule has 1 aromatic carbocycles. The number of ether oxygens (including phenoxy) is 1. The fraction of sp³-hybridized carbons (Fsp3) is 0.500. The van der Waals surface area contributed by atoms with Gasteiger partial charge < -0.3 is 14.7 Å². The highest BCUT2D eigenvalue weighted by molar-refractivity contribution is 5.82. The number of aliphatic carboxylic acids is 1. The van der Waals surface area contributed by atoms with Gasteiger partial charge in [0.25, 0.3) is 5.91 Å². The minimum absolute atomic E-state index is 0.137. The molecule has 21 heavy (non-hydrogen) atoms. The molecule has 1 N–H and O–H groups in total. The maximum absolute atomic E-state index is 12.3. The summed E-state index contributed by atoms with van der Waals surface area (Å²) in [6.45, 7) is 4.67. The number of benzene rings is 1. The van der Waals surface area contributed by atoms with Gasteiger partial charge >= 0.3 is 5.97 Å². The van der Waals surface area contributed by atoms with Crippen LogP contribution in [-0.4, -0.2) is 47.7 Å². The Labute approximate surface area is 124 Å². The summed E-state index contributed by atoms with van der Waals surface area (Å²) in [5.41, 5.74) is 0.962. The summed E-state index contributed by atoms with van der Waals surface area (Å²) in [6, 6.07) is 9.51. The second kappa shape index (κ2) is 6.72. The Morgan fingerprint density at radius 2 is 2.00 bits per heavy atom. The zero-order valence-electron chi connectivity index (χ0n) is 12.4. The second-order valence-corrected chi connectivity index (χ2v) is 5.30. The van der Waals surface area contributed by atoms with Crippen LogP contribution in [0.5, 0.6) is 0 Å². The van der Waals surface area contributed by atoms with Crippen molar-refractivity contribution in [3.8, 4) is 0 Å². The lowest BCUT2D eigenvalue weighted by molar-refractivity contribution is -0.143. The van der Waals surface area contributed by atoms with Crippen molar-refractivity contribution in [3.05, 3.63) is 35.9 Å². The molecule has 0 spiro atoms. The Morgan fingerprint density at radius 1 is 1.33 bits per heavy atom. The molecule has 1 aliphatic heterocycles. The van der Waals surface area contributed by atoms with Crippen LogP contribution in [0.3, 0.4) is 0 Å². The van der Waals surface area contributed by atoms with Crippen molar-refractivity contribution < 1.29 is 19.4 Å². The molecule has 2 rings (SSSR count). The first-order chi connectivity index (χ1) is 10.0. The van der Waals surface area contributed by atoms with Crippen molar-refractivity contribution in [1.29, 1.82) is 0 Å². The topological polar surface area (TPSA) is 66.8 Å². The summed E-state index contributed by atoms with van der Waals surface area (Å²) in [4.78, 5) is 25.4. The summed E-state index contributed by atoms with van der Waals surface area (Å²) in [7, 11) is 0. The van der Waals surface area contributed by atoms with Crippen molar-refractivity contribution in [2.75, 3.05) is 19.7 Å². The second-order valence-electron chi connectivity index (χ2n) is 5.30. The third-order valence-electron chi connectivity index (χ3n) is 3.94. The monoisotopic (exact) mass is 291 g/mol. The maximum atomic E-state index is 12.3. The van der Waals surface area contributed by atoms with Crippen LogP contribution in [0.2, 0.25) is 0 Å². The highest BCUT2D eigenvalue weighted by atomic mass is 16.5. The molecule has 5 heteroatoms. The van der Waals surface area contributed by atoms with E-state index in [0.717, 1.165) is 5.56 Å². The number of carboxylic acids is 1. The van der Waals surface area contributed by atoms with Crippen LogP contribution in [0.25, 0.3) is 0 Å². The number of amides is 1. The van der Waals surface area contributed by atoms with E-state index in [2.05, 4.69) is 0 Å². The van der Waals surface area contributed by atoms with Crippen LogP contribution in [0, 0.1) is 5.92 Å². The summed E-state index contributed by atoms with van der Waals surface area (Å²) in [5.74, 6) is -1.73. The number of carbonyl (C=O) groups excluding carboxylic acids is 1. The van der Waals surface area contributed by atoms with Crippen molar-refractivity contribution in [3.63, 3.8) is 0 Å². The fourth-order valence-electron chi connectivity index (χ4n) is 2.85. The molecule has 0 saturated carbocycles. The number of rotatable bonds is 5. The summed E-state index contributed by atoms with van der Waals surface area (Å²) in [6.07, 6.45) is -0.529. The Morgan fingerprint density at radius 3 is 2.57 bits per heavy atom. The molecule has 5 nitrogen and oxygen atoms in total. The Balaban J connectivity index is 2.16. The van der Waals surface area contributed by atoms with Crippen molar-refractivity contribution in [1.82, 2.24) is 4.90 Å². The molecule has 0 aromatic heterocycles. The number of carboxylic acid groups (broad SMARTS) is 1. The van der Waals surface area contributed by atoms with Crippen LogP contribution in [0.4, 0.5) is 0 Å². The van der Waals surface area contributed by atoms with Gasteiger partial charge in [0.2, 0.25) is 0 Å². The fourth-order valence-corrected chi connectivity index (χ4v) is 2.85. The molecule has 1 aliphatic rings. The van der Waals surface area contributed by atoms with Gasteiger partial charge in [0.1, 0.15) is 6.10 Å². The van der Waals surface area contributed by atoms with Gasteiger partial charge in [-0.25, -0.2) is 0 Å². The number of hydrogen-bond donors (Lipinski definition) is 1. The van der Waals surface area contributed by atoms with Crippen molar-refractivity contribution in [2.24, 2.45) is 5.92 Å². The van der Waals surface area contributed by atoms with Gasteiger partial charge in [-0.05, 0) is 19.4 Å². The van der Waals surface area contributed by atoms with Gasteiger partial charge in [0.15, 0.2) is 0 Å². The number of likely N-dealkylation sites (tertiary alicyclic amines) is 1. The number of hydrogen-bond acceptors (Lipinski definition) is 3. The number of carbonyl (C=O) groups is 2. The molecule has 3 atom stereocenters. The molecule has 1 aromatic rings. The van der Waals surface area contributed by atoms with E-state index in [4.69, 9.17) is 4.74 Å². The zero-order valence-corrected chi connectivity index (χ0v) is 12.4. The maximum Gasteiger partial charge on any atom is 0.308 e. The smallest absolute Gasteiger partial charge is 0.308 e. The summed E-state index contributed by atoms with van der Waals surface area (Å²) >= 11 is 0. The molecule has 1 heterocycles. The van der Waals surface area contributed by atoms with E-state index in [1.54, 1.807) is 11.8 Å². The Hall–Kier alpha value is -1.88. The van der Waals surface area contributed by atoms with E-state index in [-0.39, 0.29) is 18.4 Å². The predicted molar refractivity (Wildman–Crippen MR) is 78.0 cm³/mol. The molecular weight excluding hydrogens is 270 g/mol. The third kappa shape index (κ3) is 3.42. The van der Waals surface area contributed by atoms with Gasteiger partial charge in [0, 0.05) is 25.6 Å². The van der Waals surface area contributed by atoms with Gasteiger partial charge in [-0.1, -0.05) is 30.3 Å². The average molecular weight is 291 g/mol. The lowest BCUT2D eigenvalue weighted by Crippen LogP contribution is -2.38. The SMILES string of the molecule is CCOC(C)C(=O)N1CC(C(=O)O)C(c2ccccc2)C1. The standard InChI is InChI=1S/C16H21NO4/c1-3-21-11(2)15(18)17-9-13(14(10-17)16(19)20)12-7-5-4-6-8-12/h4-8,11,13-14H,3,9-10H2,1-2H3,(H,19,20). The lowest BCUT2D eigenvalue weighted by atomic mass is 9.89. The van der Waals surface area contributed by atoms with Crippen LogP contribution >= 0.6 is 0 Å². The van der Waals surface area contributed by atoms with E-state index in [9.17, 15) is 14.7 Å². The summed E-state index contributed by atoms with van der Waals surface area (Å²) < 4.78 is 5.31. The molecule has 3 unspecified atom stereocenters. The van der Waals surface area contributed by atoms with Crippen LogP contribution in [0.15, 0.2) is 30.3 Å². The van der Waals surface area contributed by atoms with E-state index in [1.165, 1.54) is 0 Å². The predicted octanol–water partition coefficient (Wildman–Crippen LogP) is 1.74. The van der Waals surface area contributed by atoms with Gasteiger partial charge in [-0.15, -0.1) is 0 Å². The molecule has 1 fully saturated rings. The molecule has 1 saturated heterocycles. The largest absolute Gasteiger partial charge is 0.481 e. The Kier molecular flexibility index (Phi) is 4.96. The molecular formula is C16H21NO4. The Bertz CT molecular complexity index is 502. The van der Waals surface area contributed by atoms with Crippen LogP contribution in [-0.2, 0) is 14.3 Å². The first-order valence-electron chi connectivity index (χ1n) is 7.22. The minimum atomic E-state index is -0.858. The van der Waals surface area contributed by atoms with Crippen LogP contribution in [0.1, 0.15) is 25.3 Å². The highest BCUT2D eigenvalue weighted by Gasteiger charge is 2.41. The molecule has 0 radical (unpaired) electrons. The summed E-state index contributed by atoms with van der Waals surface area (Å²) in [5, 5.41) is 9.42. The lowest BCUT2D eigenvalue weighted by Gasteiger charge is -2.20. The quantitative estimate of drug-likeness (QED) is 0.897. The number of nitrogens with zero attached hydrogens (tertiary/aromatic N) is 1. The van der Waals surface area contributed by atoms with Crippen molar-refractivity contribution >= 4 is 11.9 Å². The average Bonchev–Trinajstić information content (AvgIpc) is 2.93. The normalized spacial score (nSPS) is 23.0. The third-order valence-corrected chi connectivity index (χ3v) is 3.94. The van der Waals surface area contributed by atoms with Gasteiger partial charge in [-0.2, -0.15) is 0 Å². The van der Waals surface area contributed by atoms with Gasteiger partial charge in [-0.3, -0.25) is 9.59 Å². The highest BCUT2D eigenvalue weighted by Crippen LogP contribution is 2.33. The van der Waals surface area contributed by atoms with E-state index in [0.29, 0.717) is 13.2 Å². The molecule has 0 aliphatic carbocycles. The first kappa shape index (κ1) is 15.5. The van der Waals surface area contributed by atoms with Gasteiger partial charge in [0.05, 0.1) is 5.92 Å². The zero-order chi connectivity index (χ0) is 15.4. The van der Waals surface area contributed by atoms with E-state index in [1.807, 2.05) is 37.3 Å². The molecule has 1 amide bonds. The van der Waals surface area contributed by atoms with Crippen molar-refractivity contribution in [2.45, 2.75) is 25.9 Å². The molecule has 114 valence electrons. The minimum Gasteiger partial charge on any atom is -0.481 e. The first-order valence-corrected chi connectivity index (χ1v) is 7.22. The molecule has 0 bridgehead atoms. The van der Waals surface area contributed by atoms with Crippen LogP contribution < -0.4 is 0 Å².